The molecule has 0 saturated carbocycles. The van der Waals surface area contributed by atoms with E-state index >= 15 is 0 Å². The molecule has 88 valence electrons. The molecule has 0 atom stereocenters. The highest BCUT2D eigenvalue weighted by Crippen LogP contribution is 1.91. The number of hydrogen-bond donors (Lipinski definition) is 2. The van der Waals surface area contributed by atoms with E-state index in [1.807, 2.05) is 18.2 Å². The largest absolute Gasteiger partial charge is 0.349 e. The third kappa shape index (κ3) is 5.46. The summed E-state index contributed by atoms with van der Waals surface area (Å²) >= 11 is 0. The zero-order valence-electron chi connectivity index (χ0n) is 9.70. The lowest BCUT2D eigenvalue weighted by Crippen LogP contribution is -2.34. The predicted molar refractivity (Wildman–Crippen MR) is 63.9 cm³/mol. The minimum absolute atomic E-state index is 0.0155. The van der Waals surface area contributed by atoms with Crippen molar-refractivity contribution in [3.63, 3.8) is 0 Å². The summed E-state index contributed by atoms with van der Waals surface area (Å²) in [6.45, 7) is 3.90. The van der Waals surface area contributed by atoms with Gasteiger partial charge in [-0.15, -0.1) is 0 Å². The summed E-state index contributed by atoms with van der Waals surface area (Å²) in [5.74, 6) is 0.0155. The van der Waals surface area contributed by atoms with Gasteiger partial charge in [0.15, 0.2) is 0 Å². The quantitative estimate of drug-likeness (QED) is 0.678. The van der Waals surface area contributed by atoms with Crippen molar-refractivity contribution in [2.45, 2.75) is 26.3 Å². The number of carbonyl (C=O) groups is 1. The maximum Gasteiger partial charge on any atom is 0.234 e. The predicted octanol–water partition coefficient (Wildman–Crippen LogP) is 1.09. The van der Waals surface area contributed by atoms with Crippen LogP contribution in [0.15, 0.2) is 24.4 Å². The van der Waals surface area contributed by atoms with Crippen LogP contribution in [-0.4, -0.2) is 24.0 Å². The molecule has 4 nitrogen and oxygen atoms in total. The molecule has 1 heterocycles. The van der Waals surface area contributed by atoms with Crippen LogP contribution < -0.4 is 10.6 Å². The van der Waals surface area contributed by atoms with Crippen molar-refractivity contribution in [1.29, 1.82) is 0 Å². The minimum atomic E-state index is 0.0155. The highest BCUT2D eigenvalue weighted by atomic mass is 16.1. The summed E-state index contributed by atoms with van der Waals surface area (Å²) in [6.07, 6.45) is 3.97. The molecule has 0 aromatic carbocycles. The van der Waals surface area contributed by atoms with Gasteiger partial charge in [-0.05, 0) is 25.1 Å². The van der Waals surface area contributed by atoms with Gasteiger partial charge in [-0.2, -0.15) is 0 Å². The van der Waals surface area contributed by atoms with E-state index in [4.69, 9.17) is 0 Å². The van der Waals surface area contributed by atoms with E-state index in [9.17, 15) is 4.79 Å². The molecule has 0 aliphatic heterocycles. The fraction of sp³-hybridized carbons (Fsp3) is 0.500. The maximum atomic E-state index is 11.4. The average Bonchev–Trinajstić information content (AvgIpc) is 2.33. The molecule has 1 aromatic heterocycles. The molecule has 0 aliphatic carbocycles. The molecule has 0 bridgehead atoms. The monoisotopic (exact) mass is 221 g/mol. The second-order valence-electron chi connectivity index (χ2n) is 3.63. The van der Waals surface area contributed by atoms with Gasteiger partial charge in [-0.1, -0.05) is 19.4 Å². The molecule has 0 saturated heterocycles. The second-order valence-corrected chi connectivity index (χ2v) is 3.63. The molecule has 0 spiro atoms. The Hall–Kier alpha value is -1.42. The summed E-state index contributed by atoms with van der Waals surface area (Å²) in [5.41, 5.74) is 0.879. The Morgan fingerprint density at radius 1 is 1.44 bits per heavy atom. The summed E-state index contributed by atoms with van der Waals surface area (Å²) in [7, 11) is 0. The fourth-order valence-electron chi connectivity index (χ4n) is 1.26. The van der Waals surface area contributed by atoms with Gasteiger partial charge in [0, 0.05) is 6.20 Å². The van der Waals surface area contributed by atoms with Gasteiger partial charge in [0.1, 0.15) is 0 Å². The molecule has 4 heteroatoms. The van der Waals surface area contributed by atoms with Gasteiger partial charge >= 0.3 is 0 Å². The van der Waals surface area contributed by atoms with Crippen LogP contribution in [0.25, 0.3) is 0 Å². The normalized spacial score (nSPS) is 10.1. The Bertz CT molecular complexity index is 300. The van der Waals surface area contributed by atoms with Gasteiger partial charge in [0.05, 0.1) is 18.8 Å². The summed E-state index contributed by atoms with van der Waals surface area (Å²) in [5, 5.41) is 5.90. The molecule has 1 rings (SSSR count). The van der Waals surface area contributed by atoms with Crippen molar-refractivity contribution in [1.82, 2.24) is 15.6 Å². The number of carbonyl (C=O) groups excluding carboxylic acids is 1. The summed E-state index contributed by atoms with van der Waals surface area (Å²) in [4.78, 5) is 15.5. The highest BCUT2D eigenvalue weighted by Gasteiger charge is 2.00. The number of rotatable bonds is 7. The summed E-state index contributed by atoms with van der Waals surface area (Å²) in [6, 6.07) is 5.66. The van der Waals surface area contributed by atoms with Crippen LogP contribution >= 0.6 is 0 Å². The van der Waals surface area contributed by atoms with E-state index in [0.717, 1.165) is 25.1 Å². The number of amides is 1. The first-order valence-electron chi connectivity index (χ1n) is 5.70. The van der Waals surface area contributed by atoms with E-state index in [1.54, 1.807) is 6.20 Å². The molecule has 0 aliphatic rings. The molecule has 0 unspecified atom stereocenters. The van der Waals surface area contributed by atoms with E-state index in [0.29, 0.717) is 13.1 Å². The second kappa shape index (κ2) is 7.82. The number of nitrogens with one attached hydrogen (secondary N) is 2. The number of pyridine rings is 1. The van der Waals surface area contributed by atoms with E-state index in [1.165, 1.54) is 0 Å². The average molecular weight is 221 g/mol. The third-order valence-corrected chi connectivity index (χ3v) is 2.19. The molecular weight excluding hydrogens is 202 g/mol. The van der Waals surface area contributed by atoms with Gasteiger partial charge in [0.2, 0.25) is 5.91 Å². The Morgan fingerprint density at radius 3 is 3.00 bits per heavy atom. The Kier molecular flexibility index (Phi) is 6.18. The van der Waals surface area contributed by atoms with Crippen molar-refractivity contribution in [3.05, 3.63) is 30.1 Å². The van der Waals surface area contributed by atoms with Gasteiger partial charge in [-0.3, -0.25) is 9.78 Å². The lowest BCUT2D eigenvalue weighted by atomic mass is 10.3. The molecule has 16 heavy (non-hydrogen) atoms. The number of hydrogen-bond acceptors (Lipinski definition) is 3. The van der Waals surface area contributed by atoms with Crippen molar-refractivity contribution in [2.24, 2.45) is 0 Å². The topological polar surface area (TPSA) is 54.0 Å². The highest BCUT2D eigenvalue weighted by molar-refractivity contribution is 5.77. The van der Waals surface area contributed by atoms with Crippen molar-refractivity contribution < 1.29 is 4.79 Å². The molecule has 0 fully saturated rings. The first-order chi connectivity index (χ1) is 7.83. The van der Waals surface area contributed by atoms with Gasteiger partial charge in [-0.25, -0.2) is 0 Å². The smallest absolute Gasteiger partial charge is 0.234 e. The Labute approximate surface area is 96.5 Å². The Balaban J connectivity index is 2.11. The SMILES string of the molecule is CCCCNCC(=O)NCc1ccccn1. The van der Waals surface area contributed by atoms with E-state index < -0.39 is 0 Å². The van der Waals surface area contributed by atoms with E-state index in [-0.39, 0.29) is 5.91 Å². The lowest BCUT2D eigenvalue weighted by molar-refractivity contribution is -0.120. The Morgan fingerprint density at radius 2 is 2.31 bits per heavy atom. The van der Waals surface area contributed by atoms with Crippen LogP contribution in [0, 0.1) is 0 Å². The van der Waals surface area contributed by atoms with Crippen LogP contribution in [0.1, 0.15) is 25.5 Å². The van der Waals surface area contributed by atoms with Crippen LogP contribution in [-0.2, 0) is 11.3 Å². The summed E-state index contributed by atoms with van der Waals surface area (Å²) < 4.78 is 0. The van der Waals surface area contributed by atoms with Crippen molar-refractivity contribution in [2.75, 3.05) is 13.1 Å². The van der Waals surface area contributed by atoms with Crippen molar-refractivity contribution >= 4 is 5.91 Å². The number of unbranched alkanes of at least 4 members (excludes halogenated alkanes) is 1. The van der Waals surface area contributed by atoms with Crippen LogP contribution in [0.3, 0.4) is 0 Å². The zero-order chi connectivity index (χ0) is 11.6. The van der Waals surface area contributed by atoms with Crippen LogP contribution in [0.5, 0.6) is 0 Å². The molecule has 1 amide bonds. The fourth-order valence-corrected chi connectivity index (χ4v) is 1.26. The van der Waals surface area contributed by atoms with Crippen LogP contribution in [0.4, 0.5) is 0 Å². The first-order valence-corrected chi connectivity index (χ1v) is 5.70. The van der Waals surface area contributed by atoms with Crippen LogP contribution in [0.2, 0.25) is 0 Å². The minimum Gasteiger partial charge on any atom is -0.349 e. The van der Waals surface area contributed by atoms with Gasteiger partial charge in [0.25, 0.3) is 0 Å². The zero-order valence-corrected chi connectivity index (χ0v) is 9.70. The molecule has 0 radical (unpaired) electrons. The van der Waals surface area contributed by atoms with Crippen molar-refractivity contribution in [3.8, 4) is 0 Å². The number of aromatic nitrogens is 1. The standard InChI is InChI=1S/C12H19N3O/c1-2-3-7-13-10-12(16)15-9-11-6-4-5-8-14-11/h4-6,8,13H,2-3,7,9-10H2,1H3,(H,15,16). The maximum absolute atomic E-state index is 11.4. The first kappa shape index (κ1) is 12.6. The molecular formula is C12H19N3O. The molecule has 2 N–H and O–H groups in total. The lowest BCUT2D eigenvalue weighted by Gasteiger charge is -2.05. The molecule has 1 aromatic rings. The van der Waals surface area contributed by atoms with E-state index in [2.05, 4.69) is 22.5 Å². The van der Waals surface area contributed by atoms with Gasteiger partial charge < -0.3 is 10.6 Å². The number of nitrogens with zero attached hydrogens (tertiary/aromatic N) is 1. The third-order valence-electron chi connectivity index (χ3n) is 2.19.